The SMILES string of the molecule is [B]OC(=O)C(CCCC)CCCN1CCCC1Cc1ccccc1F. The van der Waals surface area contributed by atoms with Crippen molar-refractivity contribution in [1.82, 2.24) is 4.90 Å². The van der Waals surface area contributed by atoms with Crippen LogP contribution in [0.5, 0.6) is 0 Å². The minimum atomic E-state index is -0.294. The van der Waals surface area contributed by atoms with Crippen LogP contribution in [-0.4, -0.2) is 38.0 Å². The molecule has 136 valence electrons. The number of hydrogen-bond acceptors (Lipinski definition) is 3. The Balaban J connectivity index is 1.82. The summed E-state index contributed by atoms with van der Waals surface area (Å²) >= 11 is 0. The van der Waals surface area contributed by atoms with E-state index in [2.05, 4.69) is 16.5 Å². The monoisotopic (exact) mass is 345 g/mol. The van der Waals surface area contributed by atoms with Crippen molar-refractivity contribution in [1.29, 1.82) is 0 Å². The molecule has 2 atom stereocenters. The lowest BCUT2D eigenvalue weighted by Crippen LogP contribution is -2.32. The Kier molecular flexibility index (Phi) is 8.46. The molecule has 1 aliphatic rings. The van der Waals surface area contributed by atoms with Crippen LogP contribution in [0.2, 0.25) is 0 Å². The van der Waals surface area contributed by atoms with E-state index in [0.29, 0.717) is 6.04 Å². The van der Waals surface area contributed by atoms with Gasteiger partial charge >= 0.3 is 8.05 Å². The van der Waals surface area contributed by atoms with Gasteiger partial charge in [-0.1, -0.05) is 38.0 Å². The van der Waals surface area contributed by atoms with Crippen molar-refractivity contribution in [2.75, 3.05) is 13.1 Å². The van der Waals surface area contributed by atoms with Gasteiger partial charge < -0.3 is 9.55 Å². The largest absolute Gasteiger partial charge is 0.543 e. The average Bonchev–Trinajstić information content (AvgIpc) is 3.06. The van der Waals surface area contributed by atoms with Gasteiger partial charge in [0.25, 0.3) is 5.97 Å². The number of rotatable bonds is 10. The first-order valence-electron chi connectivity index (χ1n) is 9.53. The van der Waals surface area contributed by atoms with E-state index in [1.807, 2.05) is 12.1 Å². The van der Waals surface area contributed by atoms with Crippen LogP contribution in [0.15, 0.2) is 24.3 Å². The van der Waals surface area contributed by atoms with Crippen LogP contribution in [-0.2, 0) is 15.9 Å². The Morgan fingerprint density at radius 2 is 2.12 bits per heavy atom. The highest BCUT2D eigenvalue weighted by atomic mass is 19.1. The van der Waals surface area contributed by atoms with Crippen molar-refractivity contribution >= 4 is 14.0 Å². The fraction of sp³-hybridized carbons (Fsp3) is 0.650. The van der Waals surface area contributed by atoms with E-state index in [1.165, 1.54) is 6.07 Å². The normalized spacial score (nSPS) is 19.0. The molecule has 1 aromatic rings. The lowest BCUT2D eigenvalue weighted by molar-refractivity contribution is -0.139. The molecule has 3 nitrogen and oxygen atoms in total. The Morgan fingerprint density at radius 3 is 2.84 bits per heavy atom. The summed E-state index contributed by atoms with van der Waals surface area (Å²) < 4.78 is 18.3. The van der Waals surface area contributed by atoms with Gasteiger partial charge in [0.1, 0.15) is 5.82 Å². The van der Waals surface area contributed by atoms with E-state index < -0.39 is 0 Å². The lowest BCUT2D eigenvalue weighted by atomic mass is 9.96. The van der Waals surface area contributed by atoms with Crippen molar-refractivity contribution in [3.8, 4) is 0 Å². The third kappa shape index (κ3) is 6.14. The molecule has 2 unspecified atom stereocenters. The molecule has 1 aliphatic heterocycles. The summed E-state index contributed by atoms with van der Waals surface area (Å²) in [6.07, 6.45) is 7.68. The van der Waals surface area contributed by atoms with Gasteiger partial charge in [0, 0.05) is 6.04 Å². The van der Waals surface area contributed by atoms with Crippen molar-refractivity contribution in [3.63, 3.8) is 0 Å². The summed E-state index contributed by atoms with van der Waals surface area (Å²) in [5, 5.41) is 0. The maximum Gasteiger partial charge on any atom is 0.378 e. The zero-order valence-electron chi connectivity index (χ0n) is 15.3. The highest BCUT2D eigenvalue weighted by Crippen LogP contribution is 2.24. The highest BCUT2D eigenvalue weighted by molar-refractivity contribution is 6.05. The van der Waals surface area contributed by atoms with Gasteiger partial charge in [-0.05, 0) is 63.2 Å². The molecular formula is C20H29BFNO2. The quantitative estimate of drug-likeness (QED) is 0.599. The van der Waals surface area contributed by atoms with Gasteiger partial charge in [-0.25, -0.2) is 4.39 Å². The first-order chi connectivity index (χ1) is 12.2. The van der Waals surface area contributed by atoms with Crippen LogP contribution in [0.3, 0.4) is 0 Å². The minimum absolute atomic E-state index is 0.0995. The maximum absolute atomic E-state index is 13.9. The molecule has 0 aromatic heterocycles. The second kappa shape index (κ2) is 10.6. The molecule has 1 heterocycles. The molecule has 0 spiro atoms. The molecule has 2 radical (unpaired) electrons. The lowest BCUT2D eigenvalue weighted by Gasteiger charge is -2.25. The van der Waals surface area contributed by atoms with E-state index in [-0.39, 0.29) is 17.7 Å². The van der Waals surface area contributed by atoms with Gasteiger partial charge in [0.15, 0.2) is 0 Å². The molecule has 0 saturated carbocycles. The first kappa shape index (κ1) is 20.0. The topological polar surface area (TPSA) is 29.5 Å². The van der Waals surface area contributed by atoms with E-state index in [4.69, 9.17) is 8.05 Å². The molecule has 0 aliphatic carbocycles. The molecule has 1 fully saturated rings. The standard InChI is InChI=1S/C20H29BFNO2/c1-2-3-8-16(20(24)25-21)10-6-13-23-14-7-11-18(23)15-17-9-4-5-12-19(17)22/h4-5,9,12,16,18H,2-3,6-8,10-11,13-15H2,1H3. The van der Waals surface area contributed by atoms with Crippen molar-refractivity contribution in [2.24, 2.45) is 5.92 Å². The van der Waals surface area contributed by atoms with Gasteiger partial charge in [-0.2, -0.15) is 0 Å². The van der Waals surface area contributed by atoms with Crippen molar-refractivity contribution < 1.29 is 13.8 Å². The third-order valence-corrected chi connectivity index (χ3v) is 5.27. The predicted octanol–water partition coefficient (Wildman–Crippen LogP) is 4.05. The van der Waals surface area contributed by atoms with Crippen molar-refractivity contribution in [3.05, 3.63) is 35.6 Å². The number of unbranched alkanes of at least 4 members (excludes halogenated alkanes) is 1. The van der Waals surface area contributed by atoms with Crippen molar-refractivity contribution in [2.45, 2.75) is 64.3 Å². The fourth-order valence-electron chi connectivity index (χ4n) is 3.81. The summed E-state index contributed by atoms with van der Waals surface area (Å²) in [5.41, 5.74) is 0.798. The number of likely N-dealkylation sites (tertiary alicyclic amines) is 1. The van der Waals surface area contributed by atoms with Crippen LogP contribution in [0.4, 0.5) is 4.39 Å². The number of nitrogens with zero attached hydrogens (tertiary/aromatic N) is 1. The second-order valence-electron chi connectivity index (χ2n) is 7.05. The molecular weight excluding hydrogens is 316 g/mol. The fourth-order valence-corrected chi connectivity index (χ4v) is 3.81. The van der Waals surface area contributed by atoms with Gasteiger partial charge in [0.2, 0.25) is 0 Å². The minimum Gasteiger partial charge on any atom is -0.543 e. The molecule has 1 aromatic carbocycles. The van der Waals surface area contributed by atoms with Gasteiger partial charge in [-0.15, -0.1) is 0 Å². The number of carbonyl (C=O) groups excluding carboxylic acids is 1. The molecule has 0 amide bonds. The molecule has 0 bridgehead atoms. The van der Waals surface area contributed by atoms with E-state index in [0.717, 1.165) is 70.0 Å². The number of benzene rings is 1. The number of hydrogen-bond donors (Lipinski definition) is 0. The molecule has 2 rings (SSSR count). The van der Waals surface area contributed by atoms with Crippen LogP contribution in [0, 0.1) is 11.7 Å². The van der Waals surface area contributed by atoms with Crippen LogP contribution in [0.1, 0.15) is 57.4 Å². The van der Waals surface area contributed by atoms with E-state index >= 15 is 0 Å². The summed E-state index contributed by atoms with van der Waals surface area (Å²) in [6.45, 7) is 4.11. The van der Waals surface area contributed by atoms with Gasteiger partial charge in [0.05, 0.1) is 5.92 Å². The third-order valence-electron chi connectivity index (χ3n) is 5.27. The van der Waals surface area contributed by atoms with Crippen LogP contribution >= 0.6 is 0 Å². The highest BCUT2D eigenvalue weighted by Gasteiger charge is 2.26. The molecule has 0 N–H and O–H groups in total. The zero-order valence-corrected chi connectivity index (χ0v) is 15.3. The van der Waals surface area contributed by atoms with Gasteiger partial charge in [-0.3, -0.25) is 4.79 Å². The zero-order chi connectivity index (χ0) is 18.1. The Labute approximate surface area is 152 Å². The molecule has 5 heteroatoms. The summed E-state index contributed by atoms with van der Waals surface area (Å²) in [4.78, 5) is 14.2. The molecule has 25 heavy (non-hydrogen) atoms. The Bertz CT molecular complexity index is 540. The van der Waals surface area contributed by atoms with E-state index in [9.17, 15) is 9.18 Å². The maximum atomic E-state index is 13.9. The number of carbonyl (C=O) groups is 1. The van der Waals surface area contributed by atoms with E-state index in [1.54, 1.807) is 6.07 Å². The molecule has 1 saturated heterocycles. The number of halogens is 1. The summed E-state index contributed by atoms with van der Waals surface area (Å²) in [6, 6.07) is 7.44. The van der Waals surface area contributed by atoms with Crippen LogP contribution < -0.4 is 0 Å². The average molecular weight is 345 g/mol. The Morgan fingerprint density at radius 1 is 1.36 bits per heavy atom. The summed E-state index contributed by atoms with van der Waals surface area (Å²) in [7, 11) is 5.07. The second-order valence-corrected chi connectivity index (χ2v) is 7.05. The Hall–Kier alpha value is -1.36. The first-order valence-corrected chi connectivity index (χ1v) is 9.53. The predicted molar refractivity (Wildman–Crippen MR) is 98.8 cm³/mol. The smallest absolute Gasteiger partial charge is 0.378 e. The van der Waals surface area contributed by atoms with Crippen LogP contribution in [0.25, 0.3) is 0 Å². The summed E-state index contributed by atoms with van der Waals surface area (Å²) in [5.74, 6) is -0.505.